The first-order valence-electron chi connectivity index (χ1n) is 6.98. The number of nitrogens with zero attached hydrogens (tertiary/aromatic N) is 2. The first kappa shape index (κ1) is 13.4. The van der Waals surface area contributed by atoms with Crippen LogP contribution in [0.5, 0.6) is 0 Å². The van der Waals surface area contributed by atoms with Gasteiger partial charge in [-0.15, -0.1) is 0 Å². The lowest BCUT2D eigenvalue weighted by Gasteiger charge is -2.33. The molecule has 2 atom stereocenters. The molecule has 100 valence electrons. The van der Waals surface area contributed by atoms with Crippen molar-refractivity contribution >= 4 is 5.91 Å². The van der Waals surface area contributed by atoms with Gasteiger partial charge in [-0.3, -0.25) is 4.79 Å². The molecule has 0 aromatic carbocycles. The van der Waals surface area contributed by atoms with Gasteiger partial charge in [0.25, 0.3) is 0 Å². The number of aliphatic hydroxyl groups excluding tert-OH is 1. The van der Waals surface area contributed by atoms with Gasteiger partial charge in [0.15, 0.2) is 0 Å². The Balaban J connectivity index is 2.05. The van der Waals surface area contributed by atoms with E-state index in [1.54, 1.807) is 11.8 Å². The summed E-state index contributed by atoms with van der Waals surface area (Å²) in [6, 6.07) is 2.28. The van der Waals surface area contributed by atoms with E-state index in [9.17, 15) is 15.2 Å². The molecule has 2 rings (SSSR count). The summed E-state index contributed by atoms with van der Waals surface area (Å²) in [5.74, 6) is 0.182. The molecule has 18 heavy (non-hydrogen) atoms. The van der Waals surface area contributed by atoms with Gasteiger partial charge >= 0.3 is 0 Å². The maximum absolute atomic E-state index is 12.5. The number of carbonyl (C=O) groups is 1. The smallest absolute Gasteiger partial charge is 0.243 e. The van der Waals surface area contributed by atoms with Crippen molar-refractivity contribution in [2.24, 2.45) is 11.3 Å². The van der Waals surface area contributed by atoms with E-state index in [1.807, 2.05) is 0 Å². The van der Waals surface area contributed by atoms with Gasteiger partial charge in [-0.05, 0) is 26.2 Å². The molecule has 1 aliphatic carbocycles. The SMILES string of the molecule is CC(O)C1CCN(C(=O)C2(C#N)CCCCC2)C1. The van der Waals surface area contributed by atoms with Crippen molar-refractivity contribution in [3.05, 3.63) is 0 Å². The number of likely N-dealkylation sites (tertiary alicyclic amines) is 1. The van der Waals surface area contributed by atoms with Crippen LogP contribution in [0.1, 0.15) is 45.4 Å². The molecule has 0 spiro atoms. The molecule has 1 amide bonds. The van der Waals surface area contributed by atoms with E-state index in [-0.39, 0.29) is 17.9 Å². The average Bonchev–Trinajstić information content (AvgIpc) is 2.88. The lowest BCUT2D eigenvalue weighted by atomic mass is 9.74. The number of aliphatic hydroxyl groups is 1. The largest absolute Gasteiger partial charge is 0.393 e. The van der Waals surface area contributed by atoms with Gasteiger partial charge < -0.3 is 10.0 Å². The van der Waals surface area contributed by atoms with E-state index in [0.717, 1.165) is 25.7 Å². The zero-order chi connectivity index (χ0) is 13.2. The summed E-state index contributed by atoms with van der Waals surface area (Å²) in [6.45, 7) is 3.08. The van der Waals surface area contributed by atoms with Gasteiger partial charge in [0, 0.05) is 19.0 Å². The number of hydrogen-bond donors (Lipinski definition) is 1. The Hall–Kier alpha value is -1.08. The van der Waals surface area contributed by atoms with Gasteiger partial charge in [0.2, 0.25) is 5.91 Å². The van der Waals surface area contributed by atoms with Crippen LogP contribution in [0.2, 0.25) is 0 Å². The third-order valence-electron chi connectivity index (χ3n) is 4.52. The van der Waals surface area contributed by atoms with E-state index < -0.39 is 5.41 Å². The van der Waals surface area contributed by atoms with Gasteiger partial charge in [0.05, 0.1) is 12.2 Å². The fraction of sp³-hybridized carbons (Fsp3) is 0.857. The molecule has 4 nitrogen and oxygen atoms in total. The normalized spacial score (nSPS) is 28.7. The van der Waals surface area contributed by atoms with Crippen LogP contribution in [0.4, 0.5) is 0 Å². The molecule has 2 fully saturated rings. The number of rotatable bonds is 2. The number of nitriles is 1. The zero-order valence-corrected chi connectivity index (χ0v) is 11.1. The maximum Gasteiger partial charge on any atom is 0.243 e. The zero-order valence-electron chi connectivity index (χ0n) is 11.1. The summed E-state index contributed by atoms with van der Waals surface area (Å²) < 4.78 is 0. The molecule has 1 saturated carbocycles. The monoisotopic (exact) mass is 250 g/mol. The van der Waals surface area contributed by atoms with Crippen LogP contribution in [0.25, 0.3) is 0 Å². The molecular formula is C14H22N2O2. The van der Waals surface area contributed by atoms with Crippen LogP contribution in [0.15, 0.2) is 0 Å². The lowest BCUT2D eigenvalue weighted by Crippen LogP contribution is -2.43. The molecule has 0 bridgehead atoms. The highest BCUT2D eigenvalue weighted by Crippen LogP contribution is 2.38. The highest BCUT2D eigenvalue weighted by Gasteiger charge is 2.44. The van der Waals surface area contributed by atoms with Gasteiger partial charge in [-0.2, -0.15) is 5.26 Å². The maximum atomic E-state index is 12.5. The summed E-state index contributed by atoms with van der Waals surface area (Å²) in [5.41, 5.74) is -0.772. The third-order valence-corrected chi connectivity index (χ3v) is 4.52. The molecule has 0 aromatic heterocycles. The van der Waals surface area contributed by atoms with Crippen LogP contribution in [-0.2, 0) is 4.79 Å². The molecule has 1 N–H and O–H groups in total. The Morgan fingerprint density at radius 2 is 2.11 bits per heavy atom. The summed E-state index contributed by atoms with van der Waals surface area (Å²) in [6.07, 6.45) is 4.99. The molecule has 2 aliphatic rings. The Morgan fingerprint density at radius 1 is 1.44 bits per heavy atom. The molecule has 0 aromatic rings. The van der Waals surface area contributed by atoms with Crippen molar-refractivity contribution in [2.75, 3.05) is 13.1 Å². The topological polar surface area (TPSA) is 64.3 Å². The second kappa shape index (κ2) is 5.27. The second-order valence-electron chi connectivity index (χ2n) is 5.80. The molecule has 4 heteroatoms. The van der Waals surface area contributed by atoms with E-state index in [2.05, 4.69) is 6.07 Å². The van der Waals surface area contributed by atoms with E-state index in [1.165, 1.54) is 0 Å². The molecular weight excluding hydrogens is 228 g/mol. The number of carbonyl (C=O) groups excluding carboxylic acids is 1. The second-order valence-corrected chi connectivity index (χ2v) is 5.80. The predicted octanol–water partition coefficient (Wildman–Crippen LogP) is 1.69. The van der Waals surface area contributed by atoms with Crippen LogP contribution >= 0.6 is 0 Å². The average molecular weight is 250 g/mol. The quantitative estimate of drug-likeness (QED) is 0.811. The summed E-state index contributed by atoms with van der Waals surface area (Å²) in [5, 5.41) is 19.0. The van der Waals surface area contributed by atoms with Gasteiger partial charge in [0.1, 0.15) is 5.41 Å². The van der Waals surface area contributed by atoms with Crippen molar-refractivity contribution in [1.82, 2.24) is 4.90 Å². The first-order chi connectivity index (χ1) is 8.59. The predicted molar refractivity (Wildman–Crippen MR) is 67.5 cm³/mol. The summed E-state index contributed by atoms with van der Waals surface area (Å²) in [4.78, 5) is 14.3. The lowest BCUT2D eigenvalue weighted by molar-refractivity contribution is -0.139. The van der Waals surface area contributed by atoms with Crippen LogP contribution in [0.3, 0.4) is 0 Å². The van der Waals surface area contributed by atoms with Crippen LogP contribution in [0, 0.1) is 22.7 Å². The standard InChI is InChI=1S/C14H22N2O2/c1-11(17)12-5-8-16(9-12)13(18)14(10-15)6-3-2-4-7-14/h11-12,17H,2-9H2,1H3. The molecule has 1 heterocycles. The fourth-order valence-electron chi connectivity index (χ4n) is 3.20. The minimum atomic E-state index is -0.772. The minimum absolute atomic E-state index is 0.00727. The van der Waals surface area contributed by atoms with Crippen molar-refractivity contribution < 1.29 is 9.90 Å². The van der Waals surface area contributed by atoms with Gasteiger partial charge in [-0.25, -0.2) is 0 Å². The number of amides is 1. The van der Waals surface area contributed by atoms with Crippen molar-refractivity contribution in [2.45, 2.75) is 51.6 Å². The van der Waals surface area contributed by atoms with E-state index in [0.29, 0.717) is 25.9 Å². The number of hydrogen-bond acceptors (Lipinski definition) is 3. The Kier molecular flexibility index (Phi) is 3.91. The van der Waals surface area contributed by atoms with Crippen LogP contribution < -0.4 is 0 Å². The summed E-state index contributed by atoms with van der Waals surface area (Å²) in [7, 11) is 0. The highest BCUT2D eigenvalue weighted by atomic mass is 16.3. The Labute approximate surface area is 109 Å². The van der Waals surface area contributed by atoms with Crippen molar-refractivity contribution in [1.29, 1.82) is 5.26 Å². The molecule has 0 radical (unpaired) electrons. The Morgan fingerprint density at radius 3 is 2.61 bits per heavy atom. The van der Waals surface area contributed by atoms with Crippen molar-refractivity contribution in [3.63, 3.8) is 0 Å². The first-order valence-corrected chi connectivity index (χ1v) is 6.98. The van der Waals surface area contributed by atoms with E-state index in [4.69, 9.17) is 0 Å². The molecule has 1 aliphatic heterocycles. The Bertz CT molecular complexity index is 353. The minimum Gasteiger partial charge on any atom is -0.393 e. The third kappa shape index (κ3) is 2.37. The fourth-order valence-corrected chi connectivity index (χ4v) is 3.20. The van der Waals surface area contributed by atoms with Crippen molar-refractivity contribution in [3.8, 4) is 6.07 Å². The highest BCUT2D eigenvalue weighted by molar-refractivity contribution is 5.85. The summed E-state index contributed by atoms with van der Waals surface area (Å²) >= 11 is 0. The molecule has 2 unspecified atom stereocenters. The molecule has 1 saturated heterocycles. The van der Waals surface area contributed by atoms with Crippen LogP contribution in [-0.4, -0.2) is 35.1 Å². The van der Waals surface area contributed by atoms with E-state index >= 15 is 0 Å². The van der Waals surface area contributed by atoms with Gasteiger partial charge in [-0.1, -0.05) is 19.3 Å².